The molecule has 2 rings (SSSR count). The van der Waals surface area contributed by atoms with Crippen LogP contribution in [-0.4, -0.2) is 38.9 Å². The molecule has 1 aliphatic carbocycles. The van der Waals surface area contributed by atoms with Crippen LogP contribution in [0.5, 0.6) is 0 Å². The van der Waals surface area contributed by atoms with E-state index < -0.39 is 0 Å². The number of ether oxygens (including phenoxy) is 3. The highest BCUT2D eigenvalue weighted by Crippen LogP contribution is 2.35. The van der Waals surface area contributed by atoms with Crippen molar-refractivity contribution < 1.29 is 23.8 Å². The topological polar surface area (TPSA) is 61.8 Å². The Morgan fingerprint density at radius 3 is 2.64 bits per heavy atom. The van der Waals surface area contributed by atoms with Gasteiger partial charge in [-0.3, -0.25) is 9.59 Å². The van der Waals surface area contributed by atoms with E-state index in [0.29, 0.717) is 12.8 Å². The maximum atomic E-state index is 12.5. The maximum Gasteiger partial charge on any atom is 0.305 e. The van der Waals surface area contributed by atoms with E-state index in [9.17, 15) is 9.59 Å². The molecule has 1 aromatic carbocycles. The van der Waals surface area contributed by atoms with Crippen molar-refractivity contribution in [3.63, 3.8) is 0 Å². The van der Waals surface area contributed by atoms with Gasteiger partial charge in [0.1, 0.15) is 12.6 Å². The number of aryl methyl sites for hydroxylation is 1. The summed E-state index contributed by atoms with van der Waals surface area (Å²) in [6.45, 7) is 0.174. The van der Waals surface area contributed by atoms with Crippen molar-refractivity contribution >= 4 is 11.8 Å². The second-order valence-electron chi connectivity index (χ2n) is 6.55. The zero-order valence-corrected chi connectivity index (χ0v) is 15.1. The van der Waals surface area contributed by atoms with Crippen molar-refractivity contribution in [2.24, 2.45) is 11.8 Å². The van der Waals surface area contributed by atoms with Crippen LogP contribution in [0.1, 0.15) is 37.7 Å². The van der Waals surface area contributed by atoms with E-state index in [1.54, 1.807) is 7.11 Å². The fourth-order valence-corrected chi connectivity index (χ4v) is 3.64. The lowest BCUT2D eigenvalue weighted by Gasteiger charge is -2.36. The molecule has 0 N–H and O–H groups in total. The molecule has 0 bridgehead atoms. The molecule has 1 aromatic rings. The molecule has 0 amide bonds. The fraction of sp³-hybridized carbons (Fsp3) is 0.600. The van der Waals surface area contributed by atoms with Gasteiger partial charge in [0.25, 0.3) is 0 Å². The lowest BCUT2D eigenvalue weighted by molar-refractivity contribution is -0.154. The van der Waals surface area contributed by atoms with Crippen molar-refractivity contribution in [1.29, 1.82) is 0 Å². The number of hydrogen-bond donors (Lipinski definition) is 0. The van der Waals surface area contributed by atoms with Crippen molar-refractivity contribution in [3.8, 4) is 0 Å². The lowest BCUT2D eigenvalue weighted by Crippen LogP contribution is -2.41. The summed E-state index contributed by atoms with van der Waals surface area (Å²) in [5, 5.41) is 0. The molecule has 0 radical (unpaired) electrons. The Labute approximate surface area is 149 Å². The van der Waals surface area contributed by atoms with Gasteiger partial charge in [0.2, 0.25) is 0 Å². The first-order chi connectivity index (χ1) is 12.2. The van der Waals surface area contributed by atoms with Gasteiger partial charge in [-0.25, -0.2) is 0 Å². The second kappa shape index (κ2) is 10.3. The molecule has 5 nitrogen and oxygen atoms in total. The first kappa shape index (κ1) is 19.6. The van der Waals surface area contributed by atoms with Crippen LogP contribution in [0, 0.1) is 11.8 Å². The van der Waals surface area contributed by atoms with Crippen LogP contribution < -0.4 is 0 Å². The van der Waals surface area contributed by atoms with Gasteiger partial charge >= 0.3 is 5.97 Å². The molecule has 0 unspecified atom stereocenters. The summed E-state index contributed by atoms with van der Waals surface area (Å²) in [7, 11) is 2.95. The number of esters is 1. The largest absolute Gasteiger partial charge is 0.469 e. The quantitative estimate of drug-likeness (QED) is 0.507. The molecular formula is C20H28O5. The van der Waals surface area contributed by atoms with E-state index in [2.05, 4.69) is 12.1 Å². The highest BCUT2D eigenvalue weighted by atomic mass is 16.7. The summed E-state index contributed by atoms with van der Waals surface area (Å²) in [6.07, 6.45) is 3.82. The monoisotopic (exact) mass is 348 g/mol. The smallest absolute Gasteiger partial charge is 0.305 e. The normalized spacial score (nSPS) is 23.4. The van der Waals surface area contributed by atoms with E-state index in [-0.39, 0.29) is 42.9 Å². The second-order valence-corrected chi connectivity index (χ2v) is 6.55. The van der Waals surface area contributed by atoms with Crippen LogP contribution >= 0.6 is 0 Å². The molecule has 1 saturated carbocycles. The highest BCUT2D eigenvalue weighted by Gasteiger charge is 2.40. The standard InChI is InChI=1S/C20H28O5/c1-23-14-25-19-12-11-18(21)16(17(19)13-20(22)24-2)10-6-9-15-7-4-3-5-8-15/h3-5,7-8,16-17,19H,6,9-14H2,1-2H3/t16-,17+,19+/m0/s1. The molecule has 25 heavy (non-hydrogen) atoms. The summed E-state index contributed by atoms with van der Waals surface area (Å²) >= 11 is 0. The molecule has 0 aliphatic heterocycles. The van der Waals surface area contributed by atoms with Crippen LogP contribution in [0.3, 0.4) is 0 Å². The van der Waals surface area contributed by atoms with Gasteiger partial charge in [-0.05, 0) is 31.2 Å². The van der Waals surface area contributed by atoms with Crippen LogP contribution in [0.4, 0.5) is 0 Å². The first-order valence-electron chi connectivity index (χ1n) is 8.89. The zero-order valence-electron chi connectivity index (χ0n) is 15.1. The van der Waals surface area contributed by atoms with Gasteiger partial charge in [-0.1, -0.05) is 30.3 Å². The number of ketones is 1. The Hall–Kier alpha value is -1.72. The van der Waals surface area contributed by atoms with E-state index in [1.807, 2.05) is 18.2 Å². The third-order valence-electron chi connectivity index (χ3n) is 4.94. The van der Waals surface area contributed by atoms with Crippen LogP contribution in [0.15, 0.2) is 30.3 Å². The Morgan fingerprint density at radius 2 is 1.96 bits per heavy atom. The molecule has 138 valence electrons. The summed E-state index contributed by atoms with van der Waals surface area (Å²) < 4.78 is 15.6. The molecule has 0 heterocycles. The molecule has 5 heteroatoms. The number of hydrogen-bond acceptors (Lipinski definition) is 5. The van der Waals surface area contributed by atoms with Gasteiger partial charge in [0.15, 0.2) is 0 Å². The SMILES string of the molecule is COCO[C@@H]1CCC(=O)[C@@H](CCCc2ccccc2)[C@H]1CC(=O)OC. The average molecular weight is 348 g/mol. The van der Waals surface area contributed by atoms with E-state index >= 15 is 0 Å². The van der Waals surface area contributed by atoms with Gasteiger partial charge < -0.3 is 14.2 Å². The van der Waals surface area contributed by atoms with E-state index in [1.165, 1.54) is 12.7 Å². The van der Waals surface area contributed by atoms with E-state index in [4.69, 9.17) is 14.2 Å². The van der Waals surface area contributed by atoms with Gasteiger partial charge in [-0.15, -0.1) is 0 Å². The van der Waals surface area contributed by atoms with Crippen LogP contribution in [0.2, 0.25) is 0 Å². The Bertz CT molecular complexity index is 542. The summed E-state index contributed by atoms with van der Waals surface area (Å²) in [4.78, 5) is 24.3. The minimum absolute atomic E-state index is 0.139. The number of carbonyl (C=O) groups excluding carboxylic acids is 2. The summed E-state index contributed by atoms with van der Waals surface area (Å²) in [5.74, 6) is -0.351. The number of rotatable bonds is 9. The summed E-state index contributed by atoms with van der Waals surface area (Å²) in [6, 6.07) is 10.2. The number of methoxy groups -OCH3 is 2. The number of benzene rings is 1. The van der Waals surface area contributed by atoms with Crippen molar-refractivity contribution in [2.75, 3.05) is 21.0 Å². The minimum atomic E-state index is -0.293. The Balaban J connectivity index is 2.00. The molecule has 1 fully saturated rings. The highest BCUT2D eigenvalue weighted by molar-refractivity contribution is 5.83. The molecule has 0 aromatic heterocycles. The third kappa shape index (κ3) is 5.94. The maximum absolute atomic E-state index is 12.5. The third-order valence-corrected chi connectivity index (χ3v) is 4.94. The van der Waals surface area contributed by atoms with Gasteiger partial charge in [0.05, 0.1) is 19.6 Å². The predicted octanol–water partition coefficient (Wildman–Crippen LogP) is 3.16. The summed E-state index contributed by atoms with van der Waals surface area (Å²) in [5.41, 5.74) is 1.27. The van der Waals surface area contributed by atoms with Crippen molar-refractivity contribution in [2.45, 2.75) is 44.6 Å². The van der Waals surface area contributed by atoms with Crippen molar-refractivity contribution in [1.82, 2.24) is 0 Å². The fourth-order valence-electron chi connectivity index (χ4n) is 3.64. The van der Waals surface area contributed by atoms with Crippen molar-refractivity contribution in [3.05, 3.63) is 35.9 Å². The minimum Gasteiger partial charge on any atom is -0.469 e. The number of carbonyl (C=O) groups is 2. The zero-order chi connectivity index (χ0) is 18.1. The van der Waals surface area contributed by atoms with Crippen LogP contribution in [0.25, 0.3) is 0 Å². The predicted molar refractivity (Wildman–Crippen MR) is 94.0 cm³/mol. The Kier molecular flexibility index (Phi) is 8.09. The molecule has 3 atom stereocenters. The molecule has 1 aliphatic rings. The molecule has 0 saturated heterocycles. The van der Waals surface area contributed by atoms with Crippen LogP contribution in [-0.2, 0) is 30.2 Å². The lowest BCUT2D eigenvalue weighted by atomic mass is 9.72. The van der Waals surface area contributed by atoms with E-state index in [0.717, 1.165) is 19.3 Å². The number of Topliss-reactive ketones (excluding diaryl/α,β-unsaturated/α-hetero) is 1. The molecular weight excluding hydrogens is 320 g/mol. The average Bonchev–Trinajstić information content (AvgIpc) is 2.64. The Morgan fingerprint density at radius 1 is 1.20 bits per heavy atom. The first-order valence-corrected chi connectivity index (χ1v) is 8.89. The molecule has 0 spiro atoms. The van der Waals surface area contributed by atoms with Gasteiger partial charge in [-0.2, -0.15) is 0 Å². The van der Waals surface area contributed by atoms with Gasteiger partial charge in [0, 0.05) is 25.4 Å².